The van der Waals surface area contributed by atoms with Crippen LogP contribution in [0.15, 0.2) is 24.3 Å². The predicted molar refractivity (Wildman–Crippen MR) is 72.0 cm³/mol. The molecule has 1 aromatic carbocycles. The van der Waals surface area contributed by atoms with E-state index in [-0.39, 0.29) is 5.82 Å². The van der Waals surface area contributed by atoms with Crippen molar-refractivity contribution >= 4 is 0 Å². The van der Waals surface area contributed by atoms with Crippen LogP contribution in [0.2, 0.25) is 0 Å². The Morgan fingerprint density at radius 3 is 2.83 bits per heavy atom. The van der Waals surface area contributed by atoms with Crippen molar-refractivity contribution in [1.29, 1.82) is 0 Å². The van der Waals surface area contributed by atoms with Gasteiger partial charge in [-0.15, -0.1) is 0 Å². The summed E-state index contributed by atoms with van der Waals surface area (Å²) in [4.78, 5) is 4.71. The highest BCUT2D eigenvalue weighted by Crippen LogP contribution is 2.07. The topological polar surface area (TPSA) is 18.5 Å². The SMILES string of the molecule is CN1CCN(C)C(CNCc2ccccc2F)C1. The van der Waals surface area contributed by atoms with Gasteiger partial charge in [0, 0.05) is 44.3 Å². The highest BCUT2D eigenvalue weighted by Gasteiger charge is 2.21. The quantitative estimate of drug-likeness (QED) is 0.866. The molecule has 1 aromatic rings. The number of piperazine rings is 1. The molecule has 0 amide bonds. The molecule has 0 radical (unpaired) electrons. The second kappa shape index (κ2) is 6.27. The van der Waals surface area contributed by atoms with Crippen molar-refractivity contribution < 1.29 is 4.39 Å². The molecule has 3 nitrogen and oxygen atoms in total. The smallest absolute Gasteiger partial charge is 0.127 e. The van der Waals surface area contributed by atoms with Gasteiger partial charge in [0.15, 0.2) is 0 Å². The Morgan fingerprint density at radius 1 is 1.28 bits per heavy atom. The fourth-order valence-electron chi connectivity index (χ4n) is 2.34. The molecule has 1 aliphatic heterocycles. The van der Waals surface area contributed by atoms with E-state index in [4.69, 9.17) is 0 Å². The molecule has 4 heteroatoms. The molecule has 1 atom stereocenters. The van der Waals surface area contributed by atoms with Gasteiger partial charge in [-0.25, -0.2) is 4.39 Å². The van der Waals surface area contributed by atoms with Gasteiger partial charge in [-0.05, 0) is 20.2 Å². The van der Waals surface area contributed by atoms with E-state index in [1.165, 1.54) is 6.07 Å². The monoisotopic (exact) mass is 251 g/mol. The molecule has 18 heavy (non-hydrogen) atoms. The summed E-state index contributed by atoms with van der Waals surface area (Å²) in [5.41, 5.74) is 0.740. The zero-order chi connectivity index (χ0) is 13.0. The van der Waals surface area contributed by atoms with Crippen molar-refractivity contribution in [2.75, 3.05) is 40.3 Å². The van der Waals surface area contributed by atoms with E-state index in [0.29, 0.717) is 12.6 Å². The van der Waals surface area contributed by atoms with Gasteiger partial charge in [-0.1, -0.05) is 18.2 Å². The van der Waals surface area contributed by atoms with Gasteiger partial charge in [-0.2, -0.15) is 0 Å². The van der Waals surface area contributed by atoms with Gasteiger partial charge in [0.25, 0.3) is 0 Å². The van der Waals surface area contributed by atoms with Crippen molar-refractivity contribution in [3.8, 4) is 0 Å². The molecule has 1 aliphatic rings. The molecule has 1 heterocycles. The number of nitrogens with zero attached hydrogens (tertiary/aromatic N) is 2. The summed E-state index contributed by atoms with van der Waals surface area (Å²) in [6, 6.07) is 7.45. The average molecular weight is 251 g/mol. The van der Waals surface area contributed by atoms with Crippen molar-refractivity contribution in [2.45, 2.75) is 12.6 Å². The Hall–Kier alpha value is -0.970. The number of hydrogen-bond donors (Lipinski definition) is 1. The van der Waals surface area contributed by atoms with Crippen LogP contribution in [-0.2, 0) is 6.54 Å². The molecule has 1 N–H and O–H groups in total. The fourth-order valence-corrected chi connectivity index (χ4v) is 2.34. The Morgan fingerprint density at radius 2 is 2.06 bits per heavy atom. The van der Waals surface area contributed by atoms with Crippen molar-refractivity contribution in [3.05, 3.63) is 35.6 Å². The summed E-state index contributed by atoms with van der Waals surface area (Å²) in [7, 11) is 4.30. The van der Waals surface area contributed by atoms with E-state index < -0.39 is 0 Å². The summed E-state index contributed by atoms with van der Waals surface area (Å²) in [5, 5.41) is 3.35. The third kappa shape index (κ3) is 3.51. The second-order valence-electron chi connectivity index (χ2n) is 5.12. The van der Waals surface area contributed by atoms with E-state index in [9.17, 15) is 4.39 Å². The van der Waals surface area contributed by atoms with Gasteiger partial charge in [0.1, 0.15) is 5.82 Å². The summed E-state index contributed by atoms with van der Waals surface area (Å²) in [5.74, 6) is -0.126. The second-order valence-corrected chi connectivity index (χ2v) is 5.12. The first-order valence-electron chi connectivity index (χ1n) is 6.49. The molecule has 0 spiro atoms. The van der Waals surface area contributed by atoms with Crippen LogP contribution in [0.1, 0.15) is 5.56 Å². The maximum atomic E-state index is 13.4. The number of hydrogen-bond acceptors (Lipinski definition) is 3. The summed E-state index contributed by atoms with van der Waals surface area (Å²) in [6.45, 7) is 4.79. The highest BCUT2D eigenvalue weighted by atomic mass is 19.1. The van der Waals surface area contributed by atoms with Crippen molar-refractivity contribution in [2.24, 2.45) is 0 Å². The number of nitrogens with one attached hydrogen (secondary N) is 1. The van der Waals surface area contributed by atoms with Crippen LogP contribution < -0.4 is 5.32 Å². The molecule has 0 saturated carbocycles. The van der Waals surface area contributed by atoms with Crippen LogP contribution >= 0.6 is 0 Å². The summed E-state index contributed by atoms with van der Waals surface area (Å²) in [6.07, 6.45) is 0. The zero-order valence-electron chi connectivity index (χ0n) is 11.2. The van der Waals surface area contributed by atoms with Crippen LogP contribution in [0.5, 0.6) is 0 Å². The minimum Gasteiger partial charge on any atom is -0.311 e. The van der Waals surface area contributed by atoms with Gasteiger partial charge in [0.2, 0.25) is 0 Å². The first-order valence-corrected chi connectivity index (χ1v) is 6.49. The normalized spacial score (nSPS) is 22.3. The lowest BCUT2D eigenvalue weighted by atomic mass is 10.1. The van der Waals surface area contributed by atoms with Crippen LogP contribution in [0, 0.1) is 5.82 Å². The molecule has 1 saturated heterocycles. The van der Waals surface area contributed by atoms with Crippen molar-refractivity contribution in [1.82, 2.24) is 15.1 Å². The van der Waals surface area contributed by atoms with E-state index in [1.807, 2.05) is 12.1 Å². The van der Waals surface area contributed by atoms with E-state index >= 15 is 0 Å². The minimum atomic E-state index is -0.126. The lowest BCUT2D eigenvalue weighted by molar-refractivity contribution is 0.113. The number of benzene rings is 1. The number of likely N-dealkylation sites (N-methyl/N-ethyl adjacent to an activating group) is 2. The lowest BCUT2D eigenvalue weighted by Gasteiger charge is -2.37. The molecule has 0 aliphatic carbocycles. The molecular formula is C14H22FN3. The molecular weight excluding hydrogens is 229 g/mol. The van der Waals surface area contributed by atoms with Gasteiger partial charge in [0.05, 0.1) is 0 Å². The third-order valence-electron chi connectivity index (χ3n) is 3.63. The summed E-state index contributed by atoms with van der Waals surface area (Å²) < 4.78 is 13.4. The molecule has 1 fully saturated rings. The first-order chi connectivity index (χ1) is 8.66. The number of rotatable bonds is 4. The highest BCUT2D eigenvalue weighted by molar-refractivity contribution is 5.16. The Labute approximate surface area is 109 Å². The van der Waals surface area contributed by atoms with E-state index in [1.54, 1.807) is 6.07 Å². The summed E-state index contributed by atoms with van der Waals surface area (Å²) >= 11 is 0. The number of halogens is 1. The van der Waals surface area contributed by atoms with Crippen LogP contribution in [0.4, 0.5) is 4.39 Å². The average Bonchev–Trinajstić information content (AvgIpc) is 2.36. The van der Waals surface area contributed by atoms with Gasteiger partial charge >= 0.3 is 0 Å². The van der Waals surface area contributed by atoms with E-state index in [2.05, 4.69) is 29.2 Å². The predicted octanol–water partition coefficient (Wildman–Crippen LogP) is 1.16. The van der Waals surface area contributed by atoms with Crippen molar-refractivity contribution in [3.63, 3.8) is 0 Å². The Bertz CT molecular complexity index is 383. The molecule has 2 rings (SSSR count). The molecule has 1 unspecified atom stereocenters. The van der Waals surface area contributed by atoms with Gasteiger partial charge < -0.3 is 10.2 Å². The fraction of sp³-hybridized carbons (Fsp3) is 0.571. The molecule has 0 bridgehead atoms. The molecule has 0 aromatic heterocycles. The third-order valence-corrected chi connectivity index (χ3v) is 3.63. The van der Waals surface area contributed by atoms with Crippen LogP contribution in [-0.4, -0.2) is 56.1 Å². The largest absolute Gasteiger partial charge is 0.311 e. The van der Waals surface area contributed by atoms with Crippen LogP contribution in [0.3, 0.4) is 0 Å². The maximum Gasteiger partial charge on any atom is 0.127 e. The zero-order valence-corrected chi connectivity index (χ0v) is 11.2. The van der Waals surface area contributed by atoms with E-state index in [0.717, 1.165) is 31.7 Å². The standard InChI is InChI=1S/C14H22FN3/c1-17-7-8-18(2)13(11-17)10-16-9-12-5-3-4-6-14(12)15/h3-6,13,16H,7-11H2,1-2H3. The molecule has 100 valence electrons. The van der Waals surface area contributed by atoms with Crippen LogP contribution in [0.25, 0.3) is 0 Å². The Balaban J connectivity index is 1.79. The Kier molecular flexibility index (Phi) is 4.69. The lowest BCUT2D eigenvalue weighted by Crippen LogP contribution is -2.53. The maximum absolute atomic E-state index is 13.4. The van der Waals surface area contributed by atoms with Gasteiger partial charge in [-0.3, -0.25) is 4.90 Å². The minimum absolute atomic E-state index is 0.126. The first kappa shape index (κ1) is 13.5.